The average Bonchev–Trinajstić information content (AvgIpc) is 3.48. The molecule has 5 aromatic rings. The van der Waals surface area contributed by atoms with E-state index in [-0.39, 0.29) is 5.63 Å². The Morgan fingerprint density at radius 3 is 2.65 bits per heavy atom. The van der Waals surface area contributed by atoms with Crippen LogP contribution in [-0.4, -0.2) is 11.3 Å². The molecule has 0 amide bonds. The monoisotopic (exact) mass is 450 g/mol. The Balaban J connectivity index is 1.35. The van der Waals surface area contributed by atoms with Gasteiger partial charge in [0.05, 0.1) is 0 Å². The number of hydrogen-bond donors (Lipinski definition) is 0. The van der Waals surface area contributed by atoms with Crippen LogP contribution in [0.5, 0.6) is 5.75 Å². The van der Waals surface area contributed by atoms with E-state index < -0.39 is 0 Å². The summed E-state index contributed by atoms with van der Waals surface area (Å²) in [6.45, 7) is 6.37. The Kier molecular flexibility index (Phi) is 4.14. The van der Waals surface area contributed by atoms with Gasteiger partial charge in [-0.3, -0.25) is 0 Å². The van der Waals surface area contributed by atoms with Crippen LogP contribution in [-0.2, 0) is 25.9 Å². The third kappa shape index (κ3) is 2.64. The maximum atomic E-state index is 12.5. The van der Waals surface area contributed by atoms with Crippen molar-refractivity contribution in [2.24, 2.45) is 0 Å². The summed E-state index contributed by atoms with van der Waals surface area (Å²) >= 11 is 0. The van der Waals surface area contributed by atoms with Gasteiger partial charge < -0.3 is 18.6 Å². The second-order valence-corrected chi connectivity index (χ2v) is 9.50. The van der Waals surface area contributed by atoms with Crippen molar-refractivity contribution in [1.29, 1.82) is 0 Å². The number of aromatic nitrogens is 1. The predicted octanol–water partition coefficient (Wildman–Crippen LogP) is 6.07. The molecule has 5 nitrogen and oxygen atoms in total. The number of aryl methyl sites for hydroxylation is 3. The second-order valence-electron chi connectivity index (χ2n) is 9.50. The molecule has 0 spiro atoms. The molecule has 0 atom stereocenters. The highest BCUT2D eigenvalue weighted by molar-refractivity contribution is 6.09. The van der Waals surface area contributed by atoms with Crippen molar-refractivity contribution in [2.45, 2.75) is 46.2 Å². The van der Waals surface area contributed by atoms with Crippen molar-refractivity contribution in [3.63, 3.8) is 0 Å². The molecule has 5 heteroatoms. The van der Waals surface area contributed by atoms with Crippen molar-refractivity contribution >= 4 is 38.5 Å². The fourth-order valence-corrected chi connectivity index (χ4v) is 6.08. The predicted molar refractivity (Wildman–Crippen MR) is 136 cm³/mol. The average molecular weight is 451 g/mol. The van der Waals surface area contributed by atoms with E-state index in [1.165, 1.54) is 27.4 Å². The van der Waals surface area contributed by atoms with Gasteiger partial charge in [-0.15, -0.1) is 0 Å². The summed E-state index contributed by atoms with van der Waals surface area (Å²) in [6, 6.07) is 17.5. The van der Waals surface area contributed by atoms with Crippen LogP contribution in [0.3, 0.4) is 0 Å². The highest BCUT2D eigenvalue weighted by Gasteiger charge is 2.26. The molecular weight excluding hydrogens is 424 g/mol. The van der Waals surface area contributed by atoms with Crippen LogP contribution in [0.1, 0.15) is 35.6 Å². The van der Waals surface area contributed by atoms with Crippen molar-refractivity contribution in [3.8, 4) is 5.75 Å². The molecule has 0 saturated heterocycles. The molecule has 3 aromatic carbocycles. The van der Waals surface area contributed by atoms with E-state index in [2.05, 4.69) is 64.9 Å². The minimum atomic E-state index is -0.181. The number of hydrogen-bond acceptors (Lipinski definition) is 4. The molecule has 0 radical (unpaired) electrons. The molecule has 7 rings (SSSR count). The molecule has 0 bridgehead atoms. The highest BCUT2D eigenvalue weighted by Crippen LogP contribution is 2.40. The van der Waals surface area contributed by atoms with Crippen LogP contribution in [0.25, 0.3) is 32.8 Å². The van der Waals surface area contributed by atoms with Gasteiger partial charge in [0.25, 0.3) is 0 Å². The molecule has 1 aliphatic heterocycles. The largest absolute Gasteiger partial charge is 0.472 e. The number of para-hydroxylation sites is 1. The molecule has 2 aliphatic rings. The molecule has 170 valence electrons. The molecule has 0 N–H and O–H groups in total. The third-order valence-corrected chi connectivity index (χ3v) is 7.68. The first-order chi connectivity index (χ1) is 16.6. The fraction of sp³-hybridized carbons (Fsp3) is 0.276. The first kappa shape index (κ1) is 19.7. The van der Waals surface area contributed by atoms with Crippen LogP contribution in [0.2, 0.25) is 0 Å². The number of nitrogens with zero attached hydrogens (tertiary/aromatic N) is 2. The van der Waals surface area contributed by atoms with E-state index >= 15 is 0 Å². The normalized spacial score (nSPS) is 15.2. The topological polar surface area (TPSA) is 47.6 Å². The molecular formula is C29H26N2O3. The minimum absolute atomic E-state index is 0.181. The van der Waals surface area contributed by atoms with Crippen LogP contribution >= 0.6 is 0 Å². The summed E-state index contributed by atoms with van der Waals surface area (Å²) in [5.41, 5.74) is 8.30. The molecule has 0 saturated carbocycles. The number of rotatable bonds is 2. The van der Waals surface area contributed by atoms with Gasteiger partial charge in [-0.05, 0) is 69.0 Å². The first-order valence-corrected chi connectivity index (χ1v) is 12.1. The quantitative estimate of drug-likeness (QED) is 0.306. The lowest BCUT2D eigenvalue weighted by Gasteiger charge is -2.32. The van der Waals surface area contributed by atoms with E-state index in [4.69, 9.17) is 9.15 Å². The summed E-state index contributed by atoms with van der Waals surface area (Å²) < 4.78 is 14.4. The fourth-order valence-electron chi connectivity index (χ4n) is 6.08. The van der Waals surface area contributed by atoms with E-state index in [0.29, 0.717) is 12.3 Å². The molecule has 0 unspecified atom stereocenters. The van der Waals surface area contributed by atoms with Crippen molar-refractivity contribution in [3.05, 3.63) is 81.2 Å². The smallest absolute Gasteiger partial charge is 0.339 e. The van der Waals surface area contributed by atoms with Crippen molar-refractivity contribution < 1.29 is 9.15 Å². The highest BCUT2D eigenvalue weighted by atomic mass is 16.5. The van der Waals surface area contributed by atoms with Gasteiger partial charge in [0.15, 0.2) is 6.73 Å². The lowest BCUT2D eigenvalue weighted by molar-refractivity contribution is 0.287. The van der Waals surface area contributed by atoms with Crippen molar-refractivity contribution in [2.75, 3.05) is 11.6 Å². The second kappa shape index (κ2) is 7.13. The van der Waals surface area contributed by atoms with Gasteiger partial charge in [0, 0.05) is 62.7 Å². The van der Waals surface area contributed by atoms with Crippen LogP contribution < -0.4 is 15.3 Å². The summed E-state index contributed by atoms with van der Waals surface area (Å²) in [4.78, 5) is 14.8. The summed E-state index contributed by atoms with van der Waals surface area (Å²) in [7, 11) is 0. The zero-order chi connectivity index (χ0) is 23.0. The lowest BCUT2D eigenvalue weighted by atomic mass is 9.99. The van der Waals surface area contributed by atoms with Gasteiger partial charge in [0.1, 0.15) is 11.3 Å². The van der Waals surface area contributed by atoms with E-state index in [1.54, 1.807) is 0 Å². The lowest BCUT2D eigenvalue weighted by Crippen LogP contribution is -2.32. The number of ether oxygens (including phenoxy) is 1. The Hall–Kier alpha value is -3.73. The van der Waals surface area contributed by atoms with Gasteiger partial charge in [-0.2, -0.15) is 0 Å². The molecule has 2 aromatic heterocycles. The number of benzene rings is 3. The maximum Gasteiger partial charge on any atom is 0.339 e. The SMILES string of the molecule is CCn1c2ccccc2c2cc(N3COc4c(cc5c6c(c(=O)oc5c4C)CCC6)C3)ccc21. The third-order valence-electron chi connectivity index (χ3n) is 7.68. The number of fused-ring (bicyclic) bond motifs is 7. The number of anilines is 1. The Morgan fingerprint density at radius 2 is 1.76 bits per heavy atom. The van der Waals surface area contributed by atoms with E-state index in [1.807, 2.05) is 6.92 Å². The van der Waals surface area contributed by atoms with Gasteiger partial charge in [-0.25, -0.2) is 4.79 Å². The Morgan fingerprint density at radius 1 is 0.941 bits per heavy atom. The minimum Gasteiger partial charge on any atom is -0.472 e. The summed E-state index contributed by atoms with van der Waals surface area (Å²) in [5, 5.41) is 3.64. The standard InChI is InChI=1S/C29H26N2O3/c1-3-31-25-10-5-4-7-21(25)23-14-19(11-12-26(23)31)30-15-18-13-24-20-8-6-9-22(20)29(32)34-28(24)17(2)27(18)33-16-30/h4-5,7,10-14H,3,6,8-9,15-16H2,1-2H3. The molecule has 1 aliphatic carbocycles. The maximum absolute atomic E-state index is 12.5. The summed E-state index contributed by atoms with van der Waals surface area (Å²) in [5.74, 6) is 0.855. The Labute approximate surface area is 197 Å². The van der Waals surface area contributed by atoms with E-state index in [0.717, 1.165) is 65.9 Å². The molecule has 0 fully saturated rings. The Bertz CT molecular complexity index is 1690. The van der Waals surface area contributed by atoms with Crippen molar-refractivity contribution in [1.82, 2.24) is 4.57 Å². The summed E-state index contributed by atoms with van der Waals surface area (Å²) in [6.07, 6.45) is 2.78. The molecule has 3 heterocycles. The zero-order valence-corrected chi connectivity index (χ0v) is 19.5. The van der Waals surface area contributed by atoms with Crippen LogP contribution in [0, 0.1) is 6.92 Å². The molecule has 34 heavy (non-hydrogen) atoms. The van der Waals surface area contributed by atoms with Gasteiger partial charge in [-0.1, -0.05) is 18.2 Å². The van der Waals surface area contributed by atoms with Gasteiger partial charge in [0.2, 0.25) is 0 Å². The van der Waals surface area contributed by atoms with Crippen LogP contribution in [0.4, 0.5) is 5.69 Å². The first-order valence-electron chi connectivity index (χ1n) is 12.1. The zero-order valence-electron chi connectivity index (χ0n) is 19.5. The van der Waals surface area contributed by atoms with E-state index in [9.17, 15) is 4.79 Å². The van der Waals surface area contributed by atoms with Gasteiger partial charge >= 0.3 is 5.63 Å². The van der Waals surface area contributed by atoms with Crippen LogP contribution in [0.15, 0.2) is 57.7 Å².